The average Bonchev–Trinajstić information content (AvgIpc) is 0.841. The number of ketones is 6. The Balaban J connectivity index is -0.000000679. The maximum Gasteiger partial charge on any atom is 0.251 e. The molecule has 0 radical (unpaired) electrons. The minimum Gasteiger partial charge on any atom is -0.356 e. The number of Topliss-reactive ketones (excluding diaryl/α,β-unsaturated/α-hetero) is 6. The molecule has 0 aromatic heterocycles. The first-order valence-corrected chi connectivity index (χ1v) is 48.2. The van der Waals surface area contributed by atoms with E-state index in [1.807, 2.05) is 158 Å². The highest BCUT2D eigenvalue weighted by atomic mass is 16.2. The fraction of sp³-hybridized carbons (Fsp3) is 0.809. The number of rotatable bonds is 23. The fourth-order valence-electron chi connectivity index (χ4n) is 13.7. The van der Waals surface area contributed by atoms with Gasteiger partial charge >= 0.3 is 0 Å². The van der Waals surface area contributed by atoms with Crippen LogP contribution in [0.5, 0.6) is 0 Å². The van der Waals surface area contributed by atoms with E-state index in [4.69, 9.17) is 0 Å². The second-order valence-electron chi connectivity index (χ2n) is 52.5. The molecule has 2 aliphatic carbocycles. The molecule has 0 bridgehead atoms. The Hall–Kier alpha value is -5.29. The minimum atomic E-state index is -0.394. The molecule has 2 aromatic rings. The molecule has 3 amide bonds. The quantitative estimate of drug-likeness (QED) is 0.0450. The third-order valence-corrected chi connectivity index (χ3v) is 21.6. The second kappa shape index (κ2) is 54.0. The summed E-state index contributed by atoms with van der Waals surface area (Å²) in [6.45, 7) is 103. The van der Waals surface area contributed by atoms with Crippen molar-refractivity contribution in [3.8, 4) is 0 Å². The molecule has 0 spiro atoms. The van der Waals surface area contributed by atoms with E-state index in [-0.39, 0.29) is 89.3 Å². The van der Waals surface area contributed by atoms with Gasteiger partial charge in [-0.2, -0.15) is 0 Å². The summed E-state index contributed by atoms with van der Waals surface area (Å²) in [6.07, 6.45) is 16.2. The van der Waals surface area contributed by atoms with Gasteiger partial charge in [0.15, 0.2) is 11.6 Å². The Morgan fingerprint density at radius 3 is 0.960 bits per heavy atom. The van der Waals surface area contributed by atoms with Crippen LogP contribution in [0, 0.1) is 83.2 Å². The van der Waals surface area contributed by atoms with Crippen molar-refractivity contribution in [2.24, 2.45) is 83.2 Å². The van der Waals surface area contributed by atoms with E-state index in [2.05, 4.69) is 229 Å². The molecule has 0 aliphatic heterocycles. The van der Waals surface area contributed by atoms with Crippen LogP contribution >= 0.6 is 0 Å². The molecular weight excluding hydrogens is 1560 g/mol. The van der Waals surface area contributed by atoms with Crippen LogP contribution in [-0.2, 0) is 35.3 Å². The summed E-state index contributed by atoms with van der Waals surface area (Å²) in [5.74, 6) is 4.32. The van der Waals surface area contributed by atoms with E-state index >= 15 is 0 Å². The summed E-state index contributed by atoms with van der Waals surface area (Å²) in [5.41, 5.74) is 3.04. The van der Waals surface area contributed by atoms with Crippen LogP contribution in [0.1, 0.15) is 458 Å². The maximum absolute atomic E-state index is 12.3. The van der Waals surface area contributed by atoms with Crippen LogP contribution in [0.4, 0.5) is 0 Å². The van der Waals surface area contributed by atoms with Crippen molar-refractivity contribution >= 4 is 52.4 Å². The van der Waals surface area contributed by atoms with Crippen molar-refractivity contribution in [3.05, 3.63) is 70.8 Å². The largest absolute Gasteiger partial charge is 0.356 e. The van der Waals surface area contributed by atoms with Gasteiger partial charge in [0.25, 0.3) is 5.91 Å². The molecule has 0 unspecified atom stereocenters. The number of hydrogen-bond acceptors (Lipinski definition) is 13. The van der Waals surface area contributed by atoms with Gasteiger partial charge < -0.3 is 31.9 Å². The fourth-order valence-corrected chi connectivity index (χ4v) is 13.7. The molecule has 16 heteroatoms. The first-order chi connectivity index (χ1) is 56.0. The molecular formula is C110H205N7O9. The molecule has 734 valence electrons. The number of hydrogen-bond donors (Lipinski definition) is 6. The molecule has 2 aliphatic rings. The lowest BCUT2D eigenvalue weighted by Gasteiger charge is -2.39. The SMILES string of the molecule is CC(C)(C)CC1CCC(C(=O)C(C)(C)C)CC1.CC(C)(C)CCCC(=O)C(C)(C)C.CC(C)(C)CCNC(=O)C(C)(C)C.CC(C)(C)NCC1CCC(C(=O)C(C)(C)C)CC1.CC(C)(C)NCCCC(=O)C(C)(C)C.CC(C)(C)NCCNC(=O)C(C)(C)C.CC(C)N(Cc1ccc(C(=O)C(C)(C)C)cc1)C(C)(C)C.CNC(=O)c1ccc(C(=O)C(C)(C)C)cc1. The first kappa shape index (κ1) is 127. The van der Waals surface area contributed by atoms with Gasteiger partial charge in [-0.25, -0.2) is 0 Å². The summed E-state index contributed by atoms with van der Waals surface area (Å²) >= 11 is 0. The highest BCUT2D eigenvalue weighted by Gasteiger charge is 2.36. The van der Waals surface area contributed by atoms with Crippen LogP contribution < -0.4 is 31.9 Å². The van der Waals surface area contributed by atoms with E-state index in [1.54, 1.807) is 31.3 Å². The van der Waals surface area contributed by atoms with E-state index in [1.165, 1.54) is 37.7 Å². The molecule has 0 heterocycles. The summed E-state index contributed by atoms with van der Waals surface area (Å²) in [4.78, 5) is 108. The molecule has 0 atom stereocenters. The van der Waals surface area contributed by atoms with Crippen LogP contribution in [0.25, 0.3) is 0 Å². The summed E-state index contributed by atoms with van der Waals surface area (Å²) in [6, 6.07) is 15.3. The van der Waals surface area contributed by atoms with Crippen LogP contribution in [-0.4, -0.2) is 125 Å². The molecule has 2 fully saturated rings. The zero-order valence-corrected chi connectivity index (χ0v) is 91.5. The Morgan fingerprint density at radius 2 is 0.667 bits per heavy atom. The summed E-state index contributed by atoms with van der Waals surface area (Å²) in [7, 11) is 1.58. The summed E-state index contributed by atoms with van der Waals surface area (Å²) in [5, 5.41) is 18.6. The topological polar surface area (TPSA) is 229 Å². The first-order valence-electron chi connectivity index (χ1n) is 48.2. The summed E-state index contributed by atoms with van der Waals surface area (Å²) < 4.78 is 0. The van der Waals surface area contributed by atoms with Crippen LogP contribution in [0.15, 0.2) is 48.5 Å². The van der Waals surface area contributed by atoms with Crippen molar-refractivity contribution in [1.82, 2.24) is 36.8 Å². The standard InChI is InChI=1S/C19H31NO.C16H31NO.C16H30O.C13H17NO2.C12H25NO.C12H24O.C11H24N2O.C11H23NO/c1-14(2)20(19(6,7)8)13-15-9-11-16(12-10-15)17(21)18(3,4)5;1-15(2,3)14(18)13-9-7-12(8-10-13)11-17-16(4,5)6;1-15(2,3)11-12-7-9-13(10-8-12)14(17)16(4,5)6;1-13(2,3)11(15)9-5-7-10(8-6-9)12(16)14-4;1-11(2,3)10(14)8-7-9-13-12(4,5)6;1-11(2,3)9-7-8-10(13)12(4,5)6;1-10(2,3)9(14)12-7-8-13-11(4,5)6;1-10(2,3)7-8-12-9(13)11(4,5)6/h9-12,14H,13H2,1-8H3;12-13,17H,7-11H2,1-6H3;12-13H,7-11H2,1-6H3;5-8H,1-4H3,(H,14,16);13H,7-9H2,1-6H3;7-9H2,1-6H3;13H,7-8H2,1-6H3,(H,12,14);7-8H2,1-6H3,(H,12,13). The third kappa shape index (κ3) is 64.5. The van der Waals surface area contributed by atoms with Crippen LogP contribution in [0.2, 0.25) is 0 Å². The van der Waals surface area contributed by atoms with Crippen LogP contribution in [0.3, 0.4) is 0 Å². The Labute approximate surface area is 778 Å². The van der Waals surface area contributed by atoms with E-state index in [0.717, 1.165) is 108 Å². The molecule has 4 rings (SSSR count). The molecule has 0 saturated heterocycles. The highest BCUT2D eigenvalue weighted by molar-refractivity contribution is 6.01. The number of amides is 3. The predicted octanol–water partition coefficient (Wildman–Crippen LogP) is 26.5. The third-order valence-electron chi connectivity index (χ3n) is 21.6. The molecule has 16 nitrogen and oxygen atoms in total. The van der Waals surface area contributed by atoms with Crippen molar-refractivity contribution in [3.63, 3.8) is 0 Å². The number of carbonyl (C=O) groups is 9. The van der Waals surface area contributed by atoms with Gasteiger partial charge in [0, 0.05) is 146 Å². The number of benzene rings is 2. The molecule has 2 aromatic carbocycles. The van der Waals surface area contributed by atoms with E-state index in [9.17, 15) is 43.2 Å². The Bertz CT molecular complexity index is 3390. The Morgan fingerprint density at radius 1 is 0.341 bits per heavy atom. The monoisotopic (exact) mass is 1770 g/mol. The lowest BCUT2D eigenvalue weighted by molar-refractivity contribution is -0.132. The predicted molar refractivity (Wildman–Crippen MR) is 542 cm³/mol. The van der Waals surface area contributed by atoms with Gasteiger partial charge in [-0.05, 0) is 239 Å². The van der Waals surface area contributed by atoms with Crippen molar-refractivity contribution in [2.45, 2.75) is 456 Å². The maximum atomic E-state index is 12.3. The lowest BCUT2D eigenvalue weighted by atomic mass is 9.70. The smallest absolute Gasteiger partial charge is 0.251 e. The van der Waals surface area contributed by atoms with Crippen molar-refractivity contribution in [2.75, 3.05) is 39.8 Å². The van der Waals surface area contributed by atoms with E-state index < -0.39 is 5.41 Å². The number of nitrogens with one attached hydrogen (secondary N) is 6. The van der Waals surface area contributed by atoms with Gasteiger partial charge in [0.2, 0.25) is 11.8 Å². The minimum absolute atomic E-state index is 0.0796. The molecule has 126 heavy (non-hydrogen) atoms. The molecule has 2 saturated carbocycles. The second-order valence-corrected chi connectivity index (χ2v) is 52.5. The van der Waals surface area contributed by atoms with Gasteiger partial charge in [-0.15, -0.1) is 0 Å². The van der Waals surface area contributed by atoms with Gasteiger partial charge in [-0.1, -0.05) is 265 Å². The van der Waals surface area contributed by atoms with Crippen molar-refractivity contribution < 1.29 is 43.2 Å². The van der Waals surface area contributed by atoms with E-state index in [0.29, 0.717) is 81.3 Å². The zero-order valence-electron chi connectivity index (χ0n) is 91.5. The average molecular weight is 1770 g/mol. The number of carbonyl (C=O) groups excluding carboxylic acids is 9. The normalized spacial score (nSPS) is 16.5. The lowest BCUT2D eigenvalue weighted by Crippen LogP contribution is -2.45. The highest BCUT2D eigenvalue weighted by Crippen LogP contribution is 2.40. The van der Waals surface area contributed by atoms with Gasteiger partial charge in [-0.3, -0.25) is 48.1 Å². The number of nitrogens with zero attached hydrogens (tertiary/aromatic N) is 1. The van der Waals surface area contributed by atoms with Gasteiger partial charge in [0.1, 0.15) is 23.1 Å². The zero-order chi connectivity index (χ0) is 100. The molecule has 6 N–H and O–H groups in total. The Kier molecular flexibility index (Phi) is 54.5. The van der Waals surface area contributed by atoms with Crippen molar-refractivity contribution in [1.29, 1.82) is 0 Å². The van der Waals surface area contributed by atoms with Gasteiger partial charge in [0.05, 0.1) is 0 Å².